The molecular formula is C20H21N5O2. The highest BCUT2D eigenvalue weighted by molar-refractivity contribution is 5.96. The molecule has 1 aliphatic heterocycles. The van der Waals surface area contributed by atoms with E-state index in [1.165, 1.54) is 5.56 Å². The zero-order valence-corrected chi connectivity index (χ0v) is 16.0. The molecular weight excluding hydrogens is 342 g/mol. The molecule has 0 fully saturated rings. The fourth-order valence-electron chi connectivity index (χ4n) is 3.65. The van der Waals surface area contributed by atoms with Crippen LogP contribution in [0, 0.1) is 20.8 Å². The molecule has 3 aromatic rings. The molecule has 1 aliphatic rings. The van der Waals surface area contributed by atoms with E-state index in [-0.39, 0.29) is 11.8 Å². The van der Waals surface area contributed by atoms with Crippen LogP contribution in [0.3, 0.4) is 0 Å². The van der Waals surface area contributed by atoms with E-state index in [4.69, 9.17) is 14.0 Å². The van der Waals surface area contributed by atoms with Gasteiger partial charge in [-0.25, -0.2) is 0 Å². The Bertz CT molecular complexity index is 1040. The predicted molar refractivity (Wildman–Crippen MR) is 100 cm³/mol. The Labute approximate surface area is 157 Å². The highest BCUT2D eigenvalue weighted by Gasteiger charge is 2.39. The van der Waals surface area contributed by atoms with Crippen molar-refractivity contribution in [1.29, 1.82) is 0 Å². The Balaban J connectivity index is 1.93. The summed E-state index contributed by atoms with van der Waals surface area (Å²) >= 11 is 0. The van der Waals surface area contributed by atoms with Gasteiger partial charge in [0, 0.05) is 36.7 Å². The molecule has 7 heteroatoms. The highest BCUT2D eigenvalue weighted by Crippen LogP contribution is 2.46. The van der Waals surface area contributed by atoms with Gasteiger partial charge in [0.15, 0.2) is 5.82 Å². The van der Waals surface area contributed by atoms with Crippen molar-refractivity contribution in [2.75, 3.05) is 0 Å². The largest absolute Gasteiger partial charge is 0.340 e. The fourth-order valence-corrected chi connectivity index (χ4v) is 3.65. The third kappa shape index (κ3) is 3.09. The second-order valence-electron chi connectivity index (χ2n) is 6.93. The molecule has 0 spiro atoms. The smallest absolute Gasteiger partial charge is 0.223 e. The van der Waals surface area contributed by atoms with E-state index in [0.29, 0.717) is 23.4 Å². The Morgan fingerprint density at radius 2 is 1.44 bits per heavy atom. The van der Waals surface area contributed by atoms with Crippen LogP contribution in [0.25, 0.3) is 5.57 Å². The number of rotatable bonds is 3. The summed E-state index contributed by atoms with van der Waals surface area (Å²) in [5.74, 6) is 1.97. The molecule has 0 saturated carbocycles. The lowest BCUT2D eigenvalue weighted by molar-refractivity contribution is 0.385. The monoisotopic (exact) mass is 363 g/mol. The molecule has 2 aromatic heterocycles. The van der Waals surface area contributed by atoms with E-state index >= 15 is 0 Å². The quantitative estimate of drug-likeness (QED) is 0.694. The standard InChI is InChI=1S/C20H21N5O2/c1-10-6-8-15(9-7-10)18-16(19-22-13(4)26-24-19)11(2)21-12(3)17(18)20-23-14(5)27-25-20/h6-9,16,18H,1-5H3. The maximum atomic E-state index is 5.26. The summed E-state index contributed by atoms with van der Waals surface area (Å²) in [5, 5.41) is 8.35. The molecule has 0 amide bonds. The van der Waals surface area contributed by atoms with Gasteiger partial charge in [-0.3, -0.25) is 4.99 Å². The minimum atomic E-state index is -0.164. The van der Waals surface area contributed by atoms with Gasteiger partial charge in [-0.15, -0.1) is 0 Å². The molecule has 0 saturated heterocycles. The van der Waals surface area contributed by atoms with Crippen molar-refractivity contribution in [3.05, 3.63) is 64.5 Å². The summed E-state index contributed by atoms with van der Waals surface area (Å²) < 4.78 is 10.5. The van der Waals surface area contributed by atoms with Crippen molar-refractivity contribution < 1.29 is 9.05 Å². The molecule has 2 atom stereocenters. The summed E-state index contributed by atoms with van der Waals surface area (Å²) in [5.41, 5.74) is 5.05. The van der Waals surface area contributed by atoms with Crippen LogP contribution >= 0.6 is 0 Å². The lowest BCUT2D eigenvalue weighted by Gasteiger charge is -2.31. The summed E-state index contributed by atoms with van der Waals surface area (Å²) in [7, 11) is 0. The molecule has 0 N–H and O–H groups in total. The average molecular weight is 363 g/mol. The lowest BCUT2D eigenvalue weighted by Crippen LogP contribution is -2.25. The number of nitrogens with zero attached hydrogens (tertiary/aromatic N) is 5. The summed E-state index contributed by atoms with van der Waals surface area (Å²) in [6.07, 6.45) is 0. The van der Waals surface area contributed by atoms with Crippen LogP contribution in [0.15, 0.2) is 44.0 Å². The number of allylic oxidation sites excluding steroid dienone is 2. The van der Waals surface area contributed by atoms with Crippen molar-refractivity contribution in [3.63, 3.8) is 0 Å². The van der Waals surface area contributed by atoms with Crippen LogP contribution in [0.5, 0.6) is 0 Å². The first-order valence-electron chi connectivity index (χ1n) is 8.87. The Morgan fingerprint density at radius 3 is 2.04 bits per heavy atom. The van der Waals surface area contributed by atoms with Crippen LogP contribution in [0.2, 0.25) is 0 Å². The summed E-state index contributed by atoms with van der Waals surface area (Å²) in [6.45, 7) is 9.62. The number of aliphatic imine (C=N–C) groups is 1. The van der Waals surface area contributed by atoms with Gasteiger partial charge in [0.2, 0.25) is 17.6 Å². The van der Waals surface area contributed by atoms with Crippen molar-refractivity contribution >= 4 is 11.3 Å². The van der Waals surface area contributed by atoms with E-state index in [1.54, 1.807) is 13.8 Å². The van der Waals surface area contributed by atoms with E-state index in [1.807, 2.05) is 13.8 Å². The molecule has 27 heavy (non-hydrogen) atoms. The van der Waals surface area contributed by atoms with Crippen LogP contribution < -0.4 is 0 Å². The van der Waals surface area contributed by atoms with Gasteiger partial charge in [0.05, 0.1) is 5.92 Å². The maximum Gasteiger partial charge on any atom is 0.223 e. The minimum absolute atomic E-state index is 0.0860. The Morgan fingerprint density at radius 1 is 0.778 bits per heavy atom. The number of benzene rings is 1. The number of aryl methyl sites for hydroxylation is 3. The number of aromatic nitrogens is 4. The predicted octanol–water partition coefficient (Wildman–Crippen LogP) is 4.15. The van der Waals surface area contributed by atoms with Crippen molar-refractivity contribution in [3.8, 4) is 0 Å². The number of hydrogen-bond donors (Lipinski definition) is 0. The molecule has 0 bridgehead atoms. The molecule has 2 unspecified atom stereocenters. The van der Waals surface area contributed by atoms with Gasteiger partial charge >= 0.3 is 0 Å². The second-order valence-corrected chi connectivity index (χ2v) is 6.93. The third-order valence-electron chi connectivity index (χ3n) is 4.85. The molecule has 7 nitrogen and oxygen atoms in total. The van der Waals surface area contributed by atoms with Crippen LogP contribution in [-0.4, -0.2) is 26.0 Å². The Kier molecular flexibility index (Phi) is 4.22. The van der Waals surface area contributed by atoms with Gasteiger partial charge in [0.1, 0.15) is 0 Å². The van der Waals surface area contributed by atoms with Crippen LogP contribution in [0.1, 0.15) is 60.2 Å². The van der Waals surface area contributed by atoms with Crippen LogP contribution in [-0.2, 0) is 0 Å². The van der Waals surface area contributed by atoms with E-state index < -0.39 is 0 Å². The second kappa shape index (κ2) is 6.57. The van der Waals surface area contributed by atoms with E-state index in [9.17, 15) is 0 Å². The van der Waals surface area contributed by atoms with Gasteiger partial charge in [-0.1, -0.05) is 40.1 Å². The number of hydrogen-bond acceptors (Lipinski definition) is 7. The lowest BCUT2D eigenvalue weighted by atomic mass is 9.75. The van der Waals surface area contributed by atoms with E-state index in [0.717, 1.165) is 22.5 Å². The van der Waals surface area contributed by atoms with Gasteiger partial charge in [0.25, 0.3) is 0 Å². The molecule has 0 aliphatic carbocycles. The SMILES string of the molecule is CC1=NC(C)=C(c2noc(C)n2)C(c2ccc(C)cc2)C1c1noc(C)n1. The molecule has 3 heterocycles. The van der Waals surface area contributed by atoms with Gasteiger partial charge in [-0.05, 0) is 26.3 Å². The highest BCUT2D eigenvalue weighted by atomic mass is 16.5. The average Bonchev–Trinajstić information content (AvgIpc) is 3.23. The maximum absolute atomic E-state index is 5.26. The first-order valence-corrected chi connectivity index (χ1v) is 8.87. The van der Waals surface area contributed by atoms with Crippen molar-refractivity contribution in [2.45, 2.75) is 46.5 Å². The molecule has 138 valence electrons. The van der Waals surface area contributed by atoms with Crippen LogP contribution in [0.4, 0.5) is 0 Å². The zero-order valence-electron chi connectivity index (χ0n) is 16.0. The molecule has 0 radical (unpaired) electrons. The first kappa shape index (κ1) is 17.3. The van der Waals surface area contributed by atoms with E-state index in [2.05, 4.69) is 51.5 Å². The summed E-state index contributed by atoms with van der Waals surface area (Å²) in [4.78, 5) is 13.7. The zero-order chi connectivity index (χ0) is 19.1. The summed E-state index contributed by atoms with van der Waals surface area (Å²) in [6, 6.07) is 8.45. The van der Waals surface area contributed by atoms with Gasteiger partial charge < -0.3 is 9.05 Å². The minimum Gasteiger partial charge on any atom is -0.340 e. The van der Waals surface area contributed by atoms with Crippen molar-refractivity contribution in [2.24, 2.45) is 4.99 Å². The third-order valence-corrected chi connectivity index (χ3v) is 4.85. The Hall–Kier alpha value is -3.09. The normalized spacial score (nSPS) is 20.1. The van der Waals surface area contributed by atoms with Gasteiger partial charge in [-0.2, -0.15) is 9.97 Å². The fraction of sp³-hybridized carbons (Fsp3) is 0.350. The molecule has 1 aromatic carbocycles. The topological polar surface area (TPSA) is 90.2 Å². The first-order chi connectivity index (χ1) is 12.9. The molecule has 4 rings (SSSR count). The van der Waals surface area contributed by atoms with Crippen molar-refractivity contribution in [1.82, 2.24) is 20.3 Å².